The number of hydrogen-bond donors (Lipinski definition) is 0. The molecule has 0 N–H and O–H groups in total. The molecule has 6 nitrogen and oxygen atoms in total. The lowest BCUT2D eigenvalue weighted by Gasteiger charge is -1.98. The molecule has 0 atom stereocenters. The van der Waals surface area contributed by atoms with Gasteiger partial charge in [0.05, 0.1) is 11.9 Å². The number of carbonyl (C=O) groups excluding carboxylic acids is 1. The van der Waals surface area contributed by atoms with Crippen LogP contribution in [0.25, 0.3) is 0 Å². The number of carbonyl (C=O) groups is 1. The van der Waals surface area contributed by atoms with Gasteiger partial charge in [0.15, 0.2) is 6.29 Å². The third kappa shape index (κ3) is 3.65. The Balaban J connectivity index is 2.42. The maximum absolute atomic E-state index is 10.8. The summed E-state index contributed by atoms with van der Waals surface area (Å²) in [6.45, 7) is 0.452. The standard InChI is InChI=1S/C7H11N3O3S/c1-14(12,13)4-2-3-10-5-7(6-11)8-9-10/h5-6H,2-4H2,1H3. The van der Waals surface area contributed by atoms with Crippen molar-refractivity contribution in [1.29, 1.82) is 0 Å². The molecule has 0 radical (unpaired) electrons. The summed E-state index contributed by atoms with van der Waals surface area (Å²) >= 11 is 0. The molecule has 78 valence electrons. The van der Waals surface area contributed by atoms with E-state index >= 15 is 0 Å². The van der Waals surface area contributed by atoms with E-state index in [0.717, 1.165) is 0 Å². The van der Waals surface area contributed by atoms with Crippen LogP contribution in [-0.2, 0) is 16.4 Å². The van der Waals surface area contributed by atoms with Crippen LogP contribution in [0.4, 0.5) is 0 Å². The van der Waals surface area contributed by atoms with Crippen molar-refractivity contribution >= 4 is 16.1 Å². The minimum Gasteiger partial charge on any atom is -0.296 e. The molecule has 0 amide bonds. The number of nitrogens with zero attached hydrogens (tertiary/aromatic N) is 3. The van der Waals surface area contributed by atoms with E-state index in [9.17, 15) is 13.2 Å². The molecule has 0 saturated carbocycles. The molecule has 0 fully saturated rings. The Kier molecular flexibility index (Phi) is 3.34. The van der Waals surface area contributed by atoms with Gasteiger partial charge in [-0.2, -0.15) is 0 Å². The predicted octanol–water partition coefficient (Wildman–Crippen LogP) is -0.475. The lowest BCUT2D eigenvalue weighted by molar-refractivity contribution is 0.111. The second kappa shape index (κ2) is 4.32. The molecule has 0 bridgehead atoms. The van der Waals surface area contributed by atoms with Crippen LogP contribution in [0, 0.1) is 0 Å². The van der Waals surface area contributed by atoms with Gasteiger partial charge in [-0.15, -0.1) is 5.10 Å². The molecule has 1 heterocycles. The highest BCUT2D eigenvalue weighted by molar-refractivity contribution is 7.90. The normalized spacial score (nSPS) is 11.5. The molecule has 0 saturated heterocycles. The average Bonchev–Trinajstić information content (AvgIpc) is 2.50. The number of aldehydes is 1. The van der Waals surface area contributed by atoms with Crippen LogP contribution in [0.1, 0.15) is 16.9 Å². The molecule has 0 spiro atoms. The van der Waals surface area contributed by atoms with Crippen molar-refractivity contribution in [3.63, 3.8) is 0 Å². The number of sulfone groups is 1. The Hall–Kier alpha value is -1.24. The molecule has 0 aliphatic carbocycles. The lowest BCUT2D eigenvalue weighted by Crippen LogP contribution is -2.07. The van der Waals surface area contributed by atoms with Crippen LogP contribution >= 0.6 is 0 Å². The van der Waals surface area contributed by atoms with Crippen LogP contribution in [-0.4, -0.2) is 41.7 Å². The summed E-state index contributed by atoms with van der Waals surface area (Å²) in [7, 11) is -2.92. The van der Waals surface area contributed by atoms with Gasteiger partial charge in [-0.25, -0.2) is 8.42 Å². The van der Waals surface area contributed by atoms with Crippen LogP contribution in [0.5, 0.6) is 0 Å². The van der Waals surface area contributed by atoms with E-state index in [0.29, 0.717) is 19.3 Å². The van der Waals surface area contributed by atoms with E-state index in [4.69, 9.17) is 0 Å². The molecule has 14 heavy (non-hydrogen) atoms. The van der Waals surface area contributed by atoms with E-state index in [1.807, 2.05) is 0 Å². The molecule has 0 aromatic carbocycles. The third-order valence-corrected chi connectivity index (χ3v) is 2.61. The predicted molar refractivity (Wildman–Crippen MR) is 49.7 cm³/mol. The van der Waals surface area contributed by atoms with Crippen molar-refractivity contribution in [3.05, 3.63) is 11.9 Å². The maximum Gasteiger partial charge on any atom is 0.171 e. The summed E-state index contributed by atoms with van der Waals surface area (Å²) in [5.41, 5.74) is 0.254. The monoisotopic (exact) mass is 217 g/mol. The Labute approximate surface area is 81.8 Å². The fourth-order valence-electron chi connectivity index (χ4n) is 0.965. The first kappa shape index (κ1) is 10.8. The zero-order valence-electron chi connectivity index (χ0n) is 7.75. The molecule has 0 aliphatic heterocycles. The van der Waals surface area contributed by atoms with Gasteiger partial charge < -0.3 is 0 Å². The Morgan fingerprint density at radius 3 is 2.79 bits per heavy atom. The number of rotatable bonds is 5. The van der Waals surface area contributed by atoms with E-state index in [1.165, 1.54) is 17.1 Å². The fraction of sp³-hybridized carbons (Fsp3) is 0.571. The van der Waals surface area contributed by atoms with E-state index in [-0.39, 0.29) is 11.4 Å². The molecular weight excluding hydrogens is 206 g/mol. The number of aryl methyl sites for hydroxylation is 1. The van der Waals surface area contributed by atoms with E-state index < -0.39 is 9.84 Å². The maximum atomic E-state index is 10.8. The van der Waals surface area contributed by atoms with Gasteiger partial charge >= 0.3 is 0 Å². The summed E-state index contributed by atoms with van der Waals surface area (Å²) in [5.74, 6) is 0.114. The van der Waals surface area contributed by atoms with Gasteiger partial charge in [-0.05, 0) is 6.42 Å². The highest BCUT2D eigenvalue weighted by Gasteiger charge is 2.03. The summed E-state index contributed by atoms with van der Waals surface area (Å²) < 4.78 is 23.0. The van der Waals surface area contributed by atoms with Crippen molar-refractivity contribution in [2.24, 2.45) is 0 Å². The van der Waals surface area contributed by atoms with Crippen molar-refractivity contribution < 1.29 is 13.2 Å². The highest BCUT2D eigenvalue weighted by Crippen LogP contribution is 1.94. The molecular formula is C7H11N3O3S. The first-order valence-corrected chi connectivity index (χ1v) is 6.10. The zero-order chi connectivity index (χ0) is 10.6. The van der Waals surface area contributed by atoms with Gasteiger partial charge in [0.25, 0.3) is 0 Å². The second-order valence-electron chi connectivity index (χ2n) is 3.01. The Bertz CT molecular complexity index is 410. The zero-order valence-corrected chi connectivity index (χ0v) is 8.57. The fourth-order valence-corrected chi connectivity index (χ4v) is 1.62. The topological polar surface area (TPSA) is 81.9 Å². The van der Waals surface area contributed by atoms with Gasteiger partial charge in [0, 0.05) is 12.8 Å². The SMILES string of the molecule is CS(=O)(=O)CCCn1cc(C=O)nn1. The average molecular weight is 217 g/mol. The molecule has 7 heteroatoms. The molecule has 1 rings (SSSR count). The Morgan fingerprint density at radius 2 is 2.29 bits per heavy atom. The minimum absolute atomic E-state index is 0.114. The van der Waals surface area contributed by atoms with E-state index in [1.54, 1.807) is 0 Å². The molecule has 1 aromatic heterocycles. The molecule has 0 aliphatic rings. The van der Waals surface area contributed by atoms with Crippen molar-refractivity contribution in [3.8, 4) is 0 Å². The van der Waals surface area contributed by atoms with Crippen LogP contribution in [0.15, 0.2) is 6.20 Å². The largest absolute Gasteiger partial charge is 0.296 e. The third-order valence-electron chi connectivity index (χ3n) is 1.58. The number of hydrogen-bond acceptors (Lipinski definition) is 5. The summed E-state index contributed by atoms with van der Waals surface area (Å²) in [6.07, 6.45) is 3.74. The van der Waals surface area contributed by atoms with Crippen molar-refractivity contribution in [2.45, 2.75) is 13.0 Å². The lowest BCUT2D eigenvalue weighted by atomic mass is 10.5. The van der Waals surface area contributed by atoms with Crippen LogP contribution < -0.4 is 0 Å². The van der Waals surface area contributed by atoms with Gasteiger partial charge in [0.1, 0.15) is 15.5 Å². The van der Waals surface area contributed by atoms with Crippen molar-refractivity contribution in [1.82, 2.24) is 15.0 Å². The van der Waals surface area contributed by atoms with Crippen molar-refractivity contribution in [2.75, 3.05) is 12.0 Å². The first-order chi connectivity index (χ1) is 6.51. The summed E-state index contributed by atoms with van der Waals surface area (Å²) in [4.78, 5) is 10.2. The minimum atomic E-state index is -2.92. The smallest absolute Gasteiger partial charge is 0.171 e. The molecule has 1 aromatic rings. The van der Waals surface area contributed by atoms with Crippen LogP contribution in [0.3, 0.4) is 0 Å². The van der Waals surface area contributed by atoms with Gasteiger partial charge in [-0.3, -0.25) is 9.48 Å². The Morgan fingerprint density at radius 1 is 1.57 bits per heavy atom. The highest BCUT2D eigenvalue weighted by atomic mass is 32.2. The second-order valence-corrected chi connectivity index (χ2v) is 5.27. The first-order valence-electron chi connectivity index (χ1n) is 4.04. The van der Waals surface area contributed by atoms with E-state index in [2.05, 4.69) is 10.3 Å². The quantitative estimate of drug-likeness (QED) is 0.622. The number of aromatic nitrogens is 3. The van der Waals surface area contributed by atoms with Gasteiger partial charge in [-0.1, -0.05) is 5.21 Å². The van der Waals surface area contributed by atoms with Gasteiger partial charge in [0.2, 0.25) is 0 Å². The summed E-state index contributed by atoms with van der Waals surface area (Å²) in [6, 6.07) is 0. The summed E-state index contributed by atoms with van der Waals surface area (Å²) in [5, 5.41) is 7.19. The molecule has 0 unspecified atom stereocenters. The van der Waals surface area contributed by atoms with Crippen LogP contribution in [0.2, 0.25) is 0 Å².